The minimum atomic E-state index is -0.185. The summed E-state index contributed by atoms with van der Waals surface area (Å²) in [6, 6.07) is 7.45. The molecule has 0 bridgehead atoms. The van der Waals surface area contributed by atoms with Gasteiger partial charge in [-0.1, -0.05) is 0 Å². The van der Waals surface area contributed by atoms with Gasteiger partial charge in [0, 0.05) is 25.0 Å². The molecule has 0 aliphatic heterocycles. The molecule has 100 valence electrons. The van der Waals surface area contributed by atoms with Crippen molar-refractivity contribution in [3.05, 3.63) is 29.6 Å². The van der Waals surface area contributed by atoms with Gasteiger partial charge in [0.1, 0.15) is 5.75 Å². The predicted octanol–water partition coefficient (Wildman–Crippen LogP) is 2.91. The number of hydrogen-bond donors (Lipinski definition) is 1. The third-order valence-electron chi connectivity index (χ3n) is 2.51. The Morgan fingerprint density at radius 1 is 1.32 bits per heavy atom. The van der Waals surface area contributed by atoms with E-state index >= 15 is 0 Å². The van der Waals surface area contributed by atoms with E-state index in [1.54, 1.807) is 21.2 Å². The van der Waals surface area contributed by atoms with Crippen LogP contribution >= 0.6 is 11.3 Å². The molecule has 1 aromatic heterocycles. The van der Waals surface area contributed by atoms with E-state index in [1.807, 2.05) is 29.6 Å². The van der Waals surface area contributed by atoms with Crippen molar-refractivity contribution >= 4 is 22.5 Å². The third-order valence-corrected chi connectivity index (χ3v) is 3.27. The number of ether oxygens (including phenoxy) is 1. The Morgan fingerprint density at radius 3 is 2.58 bits per heavy atom. The van der Waals surface area contributed by atoms with Crippen LogP contribution in [0.5, 0.6) is 5.75 Å². The van der Waals surface area contributed by atoms with E-state index in [4.69, 9.17) is 4.74 Å². The number of hydrogen-bond acceptors (Lipinski definition) is 4. The first kappa shape index (κ1) is 13.4. The summed E-state index contributed by atoms with van der Waals surface area (Å²) in [4.78, 5) is 17.4. The molecule has 0 saturated heterocycles. The monoisotopic (exact) mass is 277 g/mol. The zero-order valence-electron chi connectivity index (χ0n) is 11.0. The van der Waals surface area contributed by atoms with Gasteiger partial charge in [-0.05, 0) is 24.3 Å². The molecule has 1 aromatic carbocycles. The fourth-order valence-corrected chi connectivity index (χ4v) is 2.14. The van der Waals surface area contributed by atoms with Crippen molar-refractivity contribution in [2.24, 2.45) is 0 Å². The number of thiazole rings is 1. The highest BCUT2D eigenvalue weighted by molar-refractivity contribution is 7.14. The number of rotatable bonds is 3. The lowest BCUT2D eigenvalue weighted by atomic mass is 10.2. The van der Waals surface area contributed by atoms with Crippen molar-refractivity contribution < 1.29 is 9.53 Å². The molecular weight excluding hydrogens is 262 g/mol. The summed E-state index contributed by atoms with van der Waals surface area (Å²) in [5.74, 6) is 0.806. The van der Waals surface area contributed by atoms with Gasteiger partial charge in [-0.15, -0.1) is 11.3 Å². The maximum atomic E-state index is 11.5. The number of carbonyl (C=O) groups excluding carboxylic acids is 1. The van der Waals surface area contributed by atoms with Gasteiger partial charge in [0.05, 0.1) is 12.8 Å². The first-order valence-corrected chi connectivity index (χ1v) is 6.56. The summed E-state index contributed by atoms with van der Waals surface area (Å²) in [7, 11) is 5.01. The normalized spacial score (nSPS) is 10.1. The molecule has 1 N–H and O–H groups in total. The molecule has 5 nitrogen and oxygen atoms in total. The number of amides is 2. The van der Waals surface area contributed by atoms with Gasteiger partial charge in [-0.25, -0.2) is 9.78 Å². The molecular formula is C13H15N3O2S. The fraction of sp³-hybridized carbons (Fsp3) is 0.231. The average Bonchev–Trinajstić information content (AvgIpc) is 2.87. The van der Waals surface area contributed by atoms with Crippen LogP contribution in [0.4, 0.5) is 9.93 Å². The van der Waals surface area contributed by atoms with E-state index < -0.39 is 0 Å². The Labute approximate surface area is 115 Å². The van der Waals surface area contributed by atoms with Gasteiger partial charge in [-0.3, -0.25) is 5.32 Å². The Bertz CT molecular complexity index is 564. The maximum absolute atomic E-state index is 11.5. The van der Waals surface area contributed by atoms with E-state index in [2.05, 4.69) is 10.3 Å². The van der Waals surface area contributed by atoms with Gasteiger partial charge in [0.25, 0.3) is 0 Å². The summed E-state index contributed by atoms with van der Waals surface area (Å²) in [6.45, 7) is 0. The number of methoxy groups -OCH3 is 1. The second kappa shape index (κ2) is 5.71. The molecule has 2 amide bonds. The van der Waals surface area contributed by atoms with Crippen LogP contribution in [0.3, 0.4) is 0 Å². The van der Waals surface area contributed by atoms with E-state index in [9.17, 15) is 4.79 Å². The number of carbonyl (C=O) groups is 1. The standard InChI is InChI=1S/C13H15N3O2S/c1-16(2)13(17)15-12-14-11(8-19-12)9-4-6-10(18-3)7-5-9/h4-8H,1-3H3,(H,14,15,17). The van der Waals surface area contributed by atoms with E-state index in [-0.39, 0.29) is 6.03 Å². The summed E-state index contributed by atoms with van der Waals surface area (Å²) >= 11 is 1.40. The van der Waals surface area contributed by atoms with Crippen molar-refractivity contribution in [1.29, 1.82) is 0 Å². The Kier molecular flexibility index (Phi) is 4.01. The predicted molar refractivity (Wildman–Crippen MR) is 76.8 cm³/mol. The quantitative estimate of drug-likeness (QED) is 0.938. The minimum absolute atomic E-state index is 0.185. The van der Waals surface area contributed by atoms with Crippen molar-refractivity contribution in [1.82, 2.24) is 9.88 Å². The zero-order chi connectivity index (χ0) is 13.8. The third kappa shape index (κ3) is 3.23. The Balaban J connectivity index is 2.13. The second-order valence-corrected chi connectivity index (χ2v) is 4.95. The van der Waals surface area contributed by atoms with Crippen molar-refractivity contribution in [2.45, 2.75) is 0 Å². The zero-order valence-corrected chi connectivity index (χ0v) is 11.8. The molecule has 1 heterocycles. The van der Waals surface area contributed by atoms with Crippen LogP contribution in [0, 0.1) is 0 Å². The largest absolute Gasteiger partial charge is 0.497 e. The SMILES string of the molecule is COc1ccc(-c2csc(NC(=O)N(C)C)n2)cc1. The highest BCUT2D eigenvalue weighted by Gasteiger charge is 2.09. The Hall–Kier alpha value is -2.08. The van der Waals surface area contributed by atoms with Crippen molar-refractivity contribution in [2.75, 3.05) is 26.5 Å². The van der Waals surface area contributed by atoms with Crippen LogP contribution < -0.4 is 10.1 Å². The van der Waals surface area contributed by atoms with E-state index in [0.29, 0.717) is 5.13 Å². The summed E-state index contributed by atoms with van der Waals surface area (Å²) in [6.07, 6.45) is 0. The lowest BCUT2D eigenvalue weighted by Gasteiger charge is -2.09. The molecule has 0 unspecified atom stereocenters. The topological polar surface area (TPSA) is 54.5 Å². The first-order chi connectivity index (χ1) is 9.10. The molecule has 0 aliphatic rings. The summed E-state index contributed by atoms with van der Waals surface area (Å²) in [5.41, 5.74) is 1.82. The second-order valence-electron chi connectivity index (χ2n) is 4.09. The van der Waals surface area contributed by atoms with Crippen LogP contribution in [0.1, 0.15) is 0 Å². The number of anilines is 1. The number of benzene rings is 1. The molecule has 0 saturated carbocycles. The van der Waals surface area contributed by atoms with Crippen molar-refractivity contribution in [3.63, 3.8) is 0 Å². The van der Waals surface area contributed by atoms with E-state index in [1.165, 1.54) is 16.2 Å². The van der Waals surface area contributed by atoms with Crippen LogP contribution in [-0.4, -0.2) is 37.1 Å². The molecule has 0 radical (unpaired) electrons. The van der Waals surface area contributed by atoms with Gasteiger partial charge >= 0.3 is 6.03 Å². The minimum Gasteiger partial charge on any atom is -0.497 e. The average molecular weight is 277 g/mol. The molecule has 0 atom stereocenters. The first-order valence-electron chi connectivity index (χ1n) is 5.68. The molecule has 2 aromatic rings. The number of nitrogens with zero attached hydrogens (tertiary/aromatic N) is 2. The van der Waals surface area contributed by atoms with Gasteiger partial charge < -0.3 is 9.64 Å². The molecule has 0 fully saturated rings. The maximum Gasteiger partial charge on any atom is 0.323 e. The smallest absolute Gasteiger partial charge is 0.323 e. The van der Waals surface area contributed by atoms with E-state index in [0.717, 1.165) is 17.0 Å². The lowest BCUT2D eigenvalue weighted by Crippen LogP contribution is -2.27. The van der Waals surface area contributed by atoms with Crippen molar-refractivity contribution in [3.8, 4) is 17.0 Å². The van der Waals surface area contributed by atoms with Gasteiger partial charge in [-0.2, -0.15) is 0 Å². The highest BCUT2D eigenvalue weighted by atomic mass is 32.1. The van der Waals surface area contributed by atoms with Crippen LogP contribution in [0.25, 0.3) is 11.3 Å². The lowest BCUT2D eigenvalue weighted by molar-refractivity contribution is 0.230. The molecule has 0 spiro atoms. The van der Waals surface area contributed by atoms with Crippen LogP contribution in [0.2, 0.25) is 0 Å². The molecule has 6 heteroatoms. The van der Waals surface area contributed by atoms with Crippen LogP contribution in [-0.2, 0) is 0 Å². The number of nitrogens with one attached hydrogen (secondary N) is 1. The van der Waals surface area contributed by atoms with Gasteiger partial charge in [0.2, 0.25) is 0 Å². The molecule has 0 aliphatic carbocycles. The highest BCUT2D eigenvalue weighted by Crippen LogP contribution is 2.26. The fourth-order valence-electron chi connectivity index (χ4n) is 1.43. The summed E-state index contributed by atoms with van der Waals surface area (Å²) < 4.78 is 5.11. The number of aromatic nitrogens is 1. The Morgan fingerprint density at radius 2 is 2.00 bits per heavy atom. The summed E-state index contributed by atoms with van der Waals surface area (Å²) in [5, 5.41) is 5.22. The molecule has 2 rings (SSSR count). The van der Waals surface area contributed by atoms with Gasteiger partial charge in [0.15, 0.2) is 5.13 Å². The molecule has 19 heavy (non-hydrogen) atoms. The number of urea groups is 1. The van der Waals surface area contributed by atoms with Crippen LogP contribution in [0.15, 0.2) is 29.6 Å².